The van der Waals surface area contributed by atoms with Crippen LogP contribution in [0.15, 0.2) is 18.2 Å². The molecule has 2 N–H and O–H groups in total. The van der Waals surface area contributed by atoms with E-state index in [0.717, 1.165) is 0 Å². The van der Waals surface area contributed by atoms with E-state index in [1.54, 1.807) is 6.07 Å². The fourth-order valence-corrected chi connectivity index (χ4v) is 3.38. The second-order valence-electron chi connectivity index (χ2n) is 11.7. The van der Waals surface area contributed by atoms with E-state index in [0.29, 0.717) is 12.0 Å². The summed E-state index contributed by atoms with van der Waals surface area (Å²) in [5.74, 6) is -1.59. The van der Waals surface area contributed by atoms with Gasteiger partial charge in [0.25, 0.3) is 0 Å². The van der Waals surface area contributed by atoms with Gasteiger partial charge in [-0.2, -0.15) is 0 Å². The minimum Gasteiger partial charge on any atom is -0.468 e. The summed E-state index contributed by atoms with van der Waals surface area (Å²) in [4.78, 5) is 49.3. The Morgan fingerprint density at radius 2 is 1.34 bits per heavy atom. The molecule has 0 saturated carbocycles. The zero-order valence-electron chi connectivity index (χ0n) is 23.9. The lowest BCUT2D eigenvalue weighted by atomic mass is 9.88. The molecule has 0 aliphatic heterocycles. The maximum atomic E-state index is 12.6. The van der Waals surface area contributed by atoms with Crippen LogP contribution in [0.3, 0.4) is 0 Å². The molecule has 214 valence electrons. The van der Waals surface area contributed by atoms with Crippen molar-refractivity contribution in [2.75, 3.05) is 20.3 Å². The van der Waals surface area contributed by atoms with Crippen LogP contribution in [0.25, 0.3) is 0 Å². The van der Waals surface area contributed by atoms with Crippen molar-refractivity contribution in [3.63, 3.8) is 0 Å². The number of hydrogen-bond donors (Lipinski definition) is 1. The summed E-state index contributed by atoms with van der Waals surface area (Å²) >= 11 is 0. The topological polar surface area (TPSA) is 140 Å². The number of hydrogen-bond acceptors (Lipinski definition) is 10. The summed E-state index contributed by atoms with van der Waals surface area (Å²) < 4.78 is 25.9. The van der Waals surface area contributed by atoms with Crippen molar-refractivity contribution >= 4 is 24.1 Å². The van der Waals surface area contributed by atoms with E-state index in [1.165, 1.54) is 19.2 Å². The summed E-state index contributed by atoms with van der Waals surface area (Å²) in [6.07, 6.45) is -0.0220. The molecule has 0 aromatic heterocycles. The van der Waals surface area contributed by atoms with Crippen LogP contribution in [0.2, 0.25) is 0 Å². The van der Waals surface area contributed by atoms with Crippen molar-refractivity contribution in [1.82, 2.24) is 0 Å². The van der Waals surface area contributed by atoms with Crippen LogP contribution in [0.4, 0.5) is 4.79 Å². The van der Waals surface area contributed by atoms with Gasteiger partial charge in [-0.1, -0.05) is 54.5 Å². The first kappa shape index (κ1) is 32.9. The summed E-state index contributed by atoms with van der Waals surface area (Å²) in [7, 11) is 1.21. The number of nitrogens with two attached hydrogens (primary N) is 1. The molecule has 0 aliphatic rings. The largest absolute Gasteiger partial charge is 0.508 e. The van der Waals surface area contributed by atoms with E-state index in [-0.39, 0.29) is 61.2 Å². The Morgan fingerprint density at radius 1 is 0.816 bits per heavy atom. The number of esters is 3. The Balaban J connectivity index is 3.20. The van der Waals surface area contributed by atoms with Gasteiger partial charge >= 0.3 is 24.1 Å². The highest BCUT2D eigenvalue weighted by atomic mass is 16.7. The molecule has 0 saturated heterocycles. The molecule has 0 heterocycles. The molecular formula is C28H43NO9. The van der Waals surface area contributed by atoms with Gasteiger partial charge in [0, 0.05) is 12.8 Å². The van der Waals surface area contributed by atoms with Gasteiger partial charge < -0.3 is 29.4 Å². The van der Waals surface area contributed by atoms with E-state index in [4.69, 9.17) is 29.4 Å². The number of carbonyl (C=O) groups is 4. The third-order valence-electron chi connectivity index (χ3n) is 5.11. The molecule has 0 amide bonds. The fraction of sp³-hybridized carbons (Fsp3) is 0.643. The van der Waals surface area contributed by atoms with Crippen molar-refractivity contribution in [1.29, 1.82) is 0 Å². The number of rotatable bonds is 12. The van der Waals surface area contributed by atoms with Crippen LogP contribution in [-0.2, 0) is 35.0 Å². The molecule has 0 aliphatic carbocycles. The van der Waals surface area contributed by atoms with E-state index < -0.39 is 29.6 Å². The molecule has 0 unspecified atom stereocenters. The number of carbonyl (C=O) groups excluding carboxylic acids is 4. The van der Waals surface area contributed by atoms with E-state index in [1.807, 2.05) is 48.5 Å². The fourth-order valence-electron chi connectivity index (χ4n) is 3.38. The summed E-state index contributed by atoms with van der Waals surface area (Å²) in [5.41, 5.74) is 4.72. The van der Waals surface area contributed by atoms with Gasteiger partial charge in [-0.15, -0.1) is 0 Å². The lowest BCUT2D eigenvalue weighted by Gasteiger charge is -2.27. The minimum absolute atomic E-state index is 0.0330. The summed E-state index contributed by atoms with van der Waals surface area (Å²) in [6.45, 7) is 13.3. The number of ether oxygens (including phenoxy) is 5. The third-order valence-corrected chi connectivity index (χ3v) is 5.11. The minimum atomic E-state index is -1.56. The van der Waals surface area contributed by atoms with Crippen LogP contribution >= 0.6 is 0 Å². The Kier molecular flexibility index (Phi) is 12.2. The van der Waals surface area contributed by atoms with Crippen molar-refractivity contribution in [3.8, 4) is 11.5 Å². The SMILES string of the molecule is CCCOC(=O)OCC[C@@](N)(Cc1ccc(OC(=O)CC(C)(C)C)c(OC(=O)CC(C)(C)C)c1)C(=O)OC. The average molecular weight is 538 g/mol. The lowest BCUT2D eigenvalue weighted by Crippen LogP contribution is -2.51. The first-order valence-electron chi connectivity index (χ1n) is 12.7. The molecule has 0 bridgehead atoms. The third kappa shape index (κ3) is 12.4. The maximum absolute atomic E-state index is 12.6. The van der Waals surface area contributed by atoms with Crippen molar-refractivity contribution in [2.45, 2.75) is 86.1 Å². The molecule has 0 spiro atoms. The van der Waals surface area contributed by atoms with E-state index in [2.05, 4.69) is 0 Å². The predicted octanol–water partition coefficient (Wildman–Crippen LogP) is 4.74. The molecule has 0 radical (unpaired) electrons. The van der Waals surface area contributed by atoms with Gasteiger partial charge in [-0.25, -0.2) is 4.79 Å². The van der Waals surface area contributed by atoms with Crippen LogP contribution < -0.4 is 15.2 Å². The van der Waals surface area contributed by atoms with Crippen LogP contribution in [0, 0.1) is 10.8 Å². The second kappa shape index (κ2) is 14.1. The van der Waals surface area contributed by atoms with Crippen LogP contribution in [-0.4, -0.2) is 49.9 Å². The van der Waals surface area contributed by atoms with E-state index in [9.17, 15) is 19.2 Å². The average Bonchev–Trinajstić information content (AvgIpc) is 2.76. The van der Waals surface area contributed by atoms with Gasteiger partial charge in [-0.05, 0) is 34.9 Å². The Bertz CT molecular complexity index is 976. The van der Waals surface area contributed by atoms with Crippen molar-refractivity contribution < 1.29 is 42.9 Å². The zero-order valence-corrected chi connectivity index (χ0v) is 23.9. The highest BCUT2D eigenvalue weighted by molar-refractivity contribution is 5.81. The number of benzene rings is 1. The molecule has 38 heavy (non-hydrogen) atoms. The van der Waals surface area contributed by atoms with Crippen LogP contribution in [0.1, 0.15) is 79.7 Å². The Hall–Kier alpha value is -3.14. The molecular weight excluding hydrogens is 494 g/mol. The highest BCUT2D eigenvalue weighted by Gasteiger charge is 2.36. The summed E-state index contributed by atoms with van der Waals surface area (Å²) in [6, 6.07) is 4.61. The van der Waals surface area contributed by atoms with Gasteiger partial charge in [-0.3, -0.25) is 14.4 Å². The molecule has 1 aromatic carbocycles. The second-order valence-corrected chi connectivity index (χ2v) is 11.7. The Morgan fingerprint density at radius 3 is 1.84 bits per heavy atom. The normalized spacial score (nSPS) is 13.2. The molecule has 1 atom stereocenters. The zero-order chi connectivity index (χ0) is 29.1. The van der Waals surface area contributed by atoms with Crippen molar-refractivity contribution in [3.05, 3.63) is 23.8 Å². The first-order chi connectivity index (χ1) is 17.5. The maximum Gasteiger partial charge on any atom is 0.508 e. The quantitative estimate of drug-likeness (QED) is 0.294. The molecule has 1 aromatic rings. The standard InChI is InChI=1S/C28H43NO9/c1-9-13-35-25(33)36-14-12-28(29,24(32)34-8)16-19-10-11-20(37-22(30)17-26(2,3)4)21(15-19)38-23(31)18-27(5,6)7/h10-11,15H,9,12-14,16-18,29H2,1-8H3/t28-/m1/s1. The molecule has 10 nitrogen and oxygen atoms in total. The molecule has 10 heteroatoms. The smallest absolute Gasteiger partial charge is 0.468 e. The van der Waals surface area contributed by atoms with Gasteiger partial charge in [0.15, 0.2) is 11.5 Å². The highest BCUT2D eigenvalue weighted by Crippen LogP contribution is 2.33. The molecule has 0 fully saturated rings. The number of methoxy groups -OCH3 is 1. The predicted molar refractivity (Wildman–Crippen MR) is 141 cm³/mol. The Labute approximate surface area is 225 Å². The summed E-state index contributed by atoms with van der Waals surface area (Å²) in [5, 5.41) is 0. The molecule has 1 rings (SSSR count). The lowest BCUT2D eigenvalue weighted by molar-refractivity contribution is -0.148. The monoisotopic (exact) mass is 537 g/mol. The van der Waals surface area contributed by atoms with Gasteiger partial charge in [0.2, 0.25) is 0 Å². The van der Waals surface area contributed by atoms with E-state index >= 15 is 0 Å². The van der Waals surface area contributed by atoms with Crippen LogP contribution in [0.5, 0.6) is 11.5 Å². The van der Waals surface area contributed by atoms with Crippen molar-refractivity contribution in [2.24, 2.45) is 16.6 Å². The van der Waals surface area contributed by atoms with Gasteiger partial charge in [0.1, 0.15) is 5.54 Å². The first-order valence-corrected chi connectivity index (χ1v) is 12.7. The van der Waals surface area contributed by atoms with Gasteiger partial charge in [0.05, 0.1) is 33.2 Å².